The number of ether oxygens (including phenoxy) is 2. The third kappa shape index (κ3) is 4.83. The number of amides is 2. The first-order valence-corrected chi connectivity index (χ1v) is 15.0. The number of aliphatic hydroxyl groups excluding tert-OH is 1. The van der Waals surface area contributed by atoms with Crippen LogP contribution in [0, 0.1) is 11.8 Å². The average Bonchev–Trinajstić information content (AvgIpc) is 3.55. The van der Waals surface area contributed by atoms with Crippen molar-refractivity contribution >= 4 is 35.2 Å². The number of hydrogen-bond donors (Lipinski definition) is 1. The van der Waals surface area contributed by atoms with Gasteiger partial charge in [-0.1, -0.05) is 36.4 Å². The van der Waals surface area contributed by atoms with Gasteiger partial charge in [-0.3, -0.25) is 14.4 Å². The molecule has 0 aliphatic carbocycles. The van der Waals surface area contributed by atoms with Crippen molar-refractivity contribution in [2.75, 3.05) is 31.8 Å². The van der Waals surface area contributed by atoms with Gasteiger partial charge in [0.1, 0.15) is 11.8 Å². The van der Waals surface area contributed by atoms with Crippen molar-refractivity contribution in [3.05, 3.63) is 72.8 Å². The van der Waals surface area contributed by atoms with Crippen LogP contribution in [-0.4, -0.2) is 76.2 Å². The van der Waals surface area contributed by atoms with Crippen molar-refractivity contribution in [1.29, 1.82) is 0 Å². The number of aliphatic hydroxyl groups is 1. The number of thioether (sulfide) groups is 1. The standard InChI is InChI=1S/C32H38N2O6S/c1-5-18-33(22-12-14-24(39-4)15-13-22)29(37)27-32-17-16-31(3,41-32)26(30(38)40-6-2)25(32)28(36)34(27)23(20-35)19-21-10-8-7-9-11-21/h5,7-15,23,25-27,35H,1,6,16-20H2,2-4H3/t23-,25+,26+,27?,31-,32?/m1/s1. The fourth-order valence-electron chi connectivity index (χ4n) is 7.12. The minimum absolute atomic E-state index is 0.216. The number of nitrogens with zero attached hydrogens (tertiary/aromatic N) is 2. The Hall–Kier alpha value is -3.30. The van der Waals surface area contributed by atoms with Gasteiger partial charge < -0.3 is 24.4 Å². The number of rotatable bonds is 11. The molecule has 1 N–H and O–H groups in total. The van der Waals surface area contributed by atoms with E-state index >= 15 is 0 Å². The maximum atomic E-state index is 14.8. The maximum Gasteiger partial charge on any atom is 0.311 e. The van der Waals surface area contributed by atoms with Crippen molar-refractivity contribution in [2.45, 2.75) is 54.7 Å². The quantitative estimate of drug-likeness (QED) is 0.320. The number of anilines is 1. The summed E-state index contributed by atoms with van der Waals surface area (Å²) in [6.45, 7) is 7.79. The molecule has 0 radical (unpaired) electrons. The first-order chi connectivity index (χ1) is 19.7. The molecule has 2 unspecified atom stereocenters. The lowest BCUT2D eigenvalue weighted by atomic mass is 9.66. The molecule has 1 spiro atoms. The smallest absolute Gasteiger partial charge is 0.311 e. The second kappa shape index (κ2) is 11.5. The van der Waals surface area contributed by atoms with Crippen LogP contribution in [0.5, 0.6) is 5.75 Å². The molecule has 218 valence electrons. The highest BCUT2D eigenvalue weighted by molar-refractivity contribution is 8.02. The summed E-state index contributed by atoms with van der Waals surface area (Å²) in [6, 6.07) is 15.3. The second-order valence-corrected chi connectivity index (χ2v) is 13.1. The van der Waals surface area contributed by atoms with Crippen LogP contribution in [0.4, 0.5) is 5.69 Å². The summed E-state index contributed by atoms with van der Waals surface area (Å²) >= 11 is 1.59. The van der Waals surface area contributed by atoms with Crippen LogP contribution in [0.15, 0.2) is 67.3 Å². The normalized spacial score (nSPS) is 28.7. The molecule has 2 aromatic rings. The van der Waals surface area contributed by atoms with Gasteiger partial charge in [0.25, 0.3) is 5.91 Å². The van der Waals surface area contributed by atoms with E-state index < -0.39 is 39.4 Å². The van der Waals surface area contributed by atoms with E-state index in [4.69, 9.17) is 9.47 Å². The van der Waals surface area contributed by atoms with Gasteiger partial charge in [0.15, 0.2) is 0 Å². The highest BCUT2D eigenvalue weighted by Crippen LogP contribution is 2.71. The van der Waals surface area contributed by atoms with E-state index in [9.17, 15) is 19.5 Å². The summed E-state index contributed by atoms with van der Waals surface area (Å²) in [6.07, 6.45) is 3.34. The van der Waals surface area contributed by atoms with Crippen LogP contribution < -0.4 is 9.64 Å². The predicted molar refractivity (Wildman–Crippen MR) is 159 cm³/mol. The molecular formula is C32H38N2O6S. The van der Waals surface area contributed by atoms with E-state index in [1.54, 1.807) is 53.8 Å². The number of methoxy groups -OCH3 is 1. The molecule has 2 bridgehead atoms. The van der Waals surface area contributed by atoms with E-state index in [1.807, 2.05) is 49.4 Å². The van der Waals surface area contributed by atoms with Crippen LogP contribution >= 0.6 is 11.8 Å². The number of carbonyl (C=O) groups is 3. The van der Waals surface area contributed by atoms with Crippen LogP contribution in [0.3, 0.4) is 0 Å². The zero-order chi connectivity index (χ0) is 29.4. The van der Waals surface area contributed by atoms with E-state index in [1.165, 1.54) is 0 Å². The Morgan fingerprint density at radius 3 is 2.51 bits per heavy atom. The lowest BCUT2D eigenvalue weighted by Gasteiger charge is -2.39. The van der Waals surface area contributed by atoms with Gasteiger partial charge in [0.2, 0.25) is 5.91 Å². The van der Waals surface area contributed by atoms with E-state index in [2.05, 4.69) is 6.58 Å². The third-order valence-electron chi connectivity index (χ3n) is 8.87. The predicted octanol–water partition coefficient (Wildman–Crippen LogP) is 3.86. The molecule has 3 aliphatic heterocycles. The Morgan fingerprint density at radius 2 is 1.90 bits per heavy atom. The van der Waals surface area contributed by atoms with Gasteiger partial charge in [-0.2, -0.15) is 0 Å². The molecule has 8 nitrogen and oxygen atoms in total. The molecule has 5 rings (SSSR count). The van der Waals surface area contributed by atoms with E-state index in [0.717, 1.165) is 5.56 Å². The molecule has 3 fully saturated rings. The van der Waals surface area contributed by atoms with Crippen molar-refractivity contribution in [3.8, 4) is 5.75 Å². The van der Waals surface area contributed by atoms with Gasteiger partial charge in [0.05, 0.1) is 42.9 Å². The van der Waals surface area contributed by atoms with Crippen LogP contribution in [0.25, 0.3) is 0 Å². The molecule has 3 heterocycles. The fourth-order valence-corrected chi connectivity index (χ4v) is 9.45. The van der Waals surface area contributed by atoms with Gasteiger partial charge in [-0.05, 0) is 62.9 Å². The first kappa shape index (κ1) is 29.2. The monoisotopic (exact) mass is 578 g/mol. The number of carbonyl (C=O) groups excluding carboxylic acids is 3. The number of esters is 1. The molecule has 41 heavy (non-hydrogen) atoms. The summed E-state index contributed by atoms with van der Waals surface area (Å²) < 4.78 is 9.46. The van der Waals surface area contributed by atoms with Gasteiger partial charge >= 0.3 is 5.97 Å². The van der Waals surface area contributed by atoms with Crippen molar-refractivity contribution < 1.29 is 29.0 Å². The Labute approximate surface area is 245 Å². The minimum Gasteiger partial charge on any atom is -0.497 e. The maximum absolute atomic E-state index is 14.8. The zero-order valence-electron chi connectivity index (χ0n) is 23.8. The molecule has 2 aromatic carbocycles. The number of likely N-dealkylation sites (tertiary alicyclic amines) is 1. The van der Waals surface area contributed by atoms with Gasteiger partial charge in [0, 0.05) is 17.0 Å². The highest BCUT2D eigenvalue weighted by Gasteiger charge is 2.78. The molecule has 6 atom stereocenters. The van der Waals surface area contributed by atoms with E-state index in [-0.39, 0.29) is 31.6 Å². The van der Waals surface area contributed by atoms with Crippen molar-refractivity contribution in [2.24, 2.45) is 11.8 Å². The first-order valence-electron chi connectivity index (χ1n) is 14.1. The fraction of sp³-hybridized carbons (Fsp3) is 0.469. The van der Waals surface area contributed by atoms with Crippen LogP contribution in [0.1, 0.15) is 32.3 Å². The van der Waals surface area contributed by atoms with Crippen molar-refractivity contribution in [3.63, 3.8) is 0 Å². The van der Waals surface area contributed by atoms with Gasteiger partial charge in [-0.15, -0.1) is 18.3 Å². The Balaban J connectivity index is 1.62. The lowest BCUT2D eigenvalue weighted by Crippen LogP contribution is -2.58. The Bertz CT molecular complexity index is 1300. The molecule has 0 saturated carbocycles. The SMILES string of the molecule is C=CCN(C(=O)C1N([C@@H](CO)Cc2ccccc2)C(=O)[C@@H]2[C@@H](C(=O)OCC)[C@@]3(C)CCC12S3)c1ccc(OC)cc1. The highest BCUT2D eigenvalue weighted by atomic mass is 32.2. The second-order valence-electron chi connectivity index (χ2n) is 11.2. The lowest BCUT2D eigenvalue weighted by molar-refractivity contribution is -0.155. The summed E-state index contributed by atoms with van der Waals surface area (Å²) in [5, 5.41) is 10.7. The molecular weight excluding hydrogens is 540 g/mol. The van der Waals surface area contributed by atoms with E-state index in [0.29, 0.717) is 30.7 Å². The Morgan fingerprint density at radius 1 is 1.20 bits per heavy atom. The number of hydrogen-bond acceptors (Lipinski definition) is 7. The average molecular weight is 579 g/mol. The summed E-state index contributed by atoms with van der Waals surface area (Å²) in [4.78, 5) is 45.9. The summed E-state index contributed by atoms with van der Waals surface area (Å²) in [5.74, 6) is -1.63. The topological polar surface area (TPSA) is 96.4 Å². The third-order valence-corrected chi connectivity index (χ3v) is 10.9. The van der Waals surface area contributed by atoms with Crippen LogP contribution in [-0.2, 0) is 25.5 Å². The molecule has 0 aromatic heterocycles. The summed E-state index contributed by atoms with van der Waals surface area (Å²) in [5.41, 5.74) is 1.60. The molecule has 3 aliphatic rings. The molecule has 3 saturated heterocycles. The minimum atomic E-state index is -0.880. The number of benzene rings is 2. The largest absolute Gasteiger partial charge is 0.497 e. The zero-order valence-corrected chi connectivity index (χ0v) is 24.6. The van der Waals surface area contributed by atoms with Gasteiger partial charge in [-0.25, -0.2) is 0 Å². The van der Waals surface area contributed by atoms with Crippen molar-refractivity contribution in [1.82, 2.24) is 4.90 Å². The molecule has 2 amide bonds. The molecule has 9 heteroatoms. The Kier molecular flexibility index (Phi) is 8.21. The number of fused-ring (bicyclic) bond motifs is 1. The summed E-state index contributed by atoms with van der Waals surface area (Å²) in [7, 11) is 1.58. The van der Waals surface area contributed by atoms with Crippen LogP contribution in [0.2, 0.25) is 0 Å².